The Hall–Kier alpha value is -2.82. The van der Waals surface area contributed by atoms with Gasteiger partial charge in [0.15, 0.2) is 0 Å². The maximum Gasteiger partial charge on any atom is 0.379 e. The predicted molar refractivity (Wildman–Crippen MR) is 94.2 cm³/mol. The van der Waals surface area contributed by atoms with Gasteiger partial charge in [-0.05, 0) is 36.6 Å². The molecule has 5 nitrogen and oxygen atoms in total. The van der Waals surface area contributed by atoms with E-state index in [1.54, 1.807) is 18.2 Å². The number of aryl methyl sites for hydroxylation is 2. The molecule has 5 heteroatoms. The van der Waals surface area contributed by atoms with E-state index in [4.69, 9.17) is 9.47 Å². The summed E-state index contributed by atoms with van der Waals surface area (Å²) in [6.07, 6.45) is 0.950. The number of methoxy groups -OCH3 is 2. The van der Waals surface area contributed by atoms with Gasteiger partial charge in [0.1, 0.15) is 18.1 Å². The number of carbonyl (C=O) groups is 2. The molecule has 0 amide bonds. The Balaban J connectivity index is 2.32. The van der Waals surface area contributed by atoms with Gasteiger partial charge in [-0.25, -0.2) is 4.79 Å². The van der Waals surface area contributed by atoms with Crippen LogP contribution < -0.4 is 9.47 Å². The van der Waals surface area contributed by atoms with Gasteiger partial charge in [-0.1, -0.05) is 31.2 Å². The van der Waals surface area contributed by atoms with E-state index in [1.807, 2.05) is 19.1 Å². The van der Waals surface area contributed by atoms with Gasteiger partial charge >= 0.3 is 5.97 Å². The van der Waals surface area contributed by atoms with Crippen molar-refractivity contribution in [3.63, 3.8) is 0 Å². The fraction of sp³-hybridized carbons (Fsp3) is 0.300. The number of hydrogen-bond donors (Lipinski definition) is 0. The minimum Gasteiger partial charge on any atom is -0.496 e. The highest BCUT2D eigenvalue weighted by molar-refractivity contribution is 6.41. The Kier molecular flexibility index (Phi) is 6.17. The van der Waals surface area contributed by atoms with E-state index in [0.29, 0.717) is 11.3 Å². The second-order valence-electron chi connectivity index (χ2n) is 5.55. The van der Waals surface area contributed by atoms with Crippen LogP contribution in [-0.4, -0.2) is 26.0 Å². The van der Waals surface area contributed by atoms with E-state index in [-0.39, 0.29) is 12.2 Å². The molecule has 0 aliphatic rings. The lowest BCUT2D eigenvalue weighted by molar-refractivity contribution is -0.135. The number of Topliss-reactive ketones (excluding diaryl/α,β-unsaturated/α-hetero) is 1. The van der Waals surface area contributed by atoms with Gasteiger partial charge in [0.2, 0.25) is 0 Å². The van der Waals surface area contributed by atoms with Crippen LogP contribution >= 0.6 is 0 Å². The molecule has 0 radical (unpaired) electrons. The summed E-state index contributed by atoms with van der Waals surface area (Å²) < 4.78 is 15.7. The maximum absolute atomic E-state index is 12.2. The third-order valence-corrected chi connectivity index (χ3v) is 3.99. The Bertz CT molecular complexity index is 780. The van der Waals surface area contributed by atoms with Crippen molar-refractivity contribution in [1.29, 1.82) is 0 Å². The molecule has 0 heterocycles. The standard InChI is InChI=1S/C20H22O5/c1-5-14-9-10-17(13(2)11-14)25-12-16-15(19(21)20(22)24-4)7-6-8-18(16)23-3/h6-11H,5,12H2,1-4H3. The van der Waals surface area contributed by atoms with Gasteiger partial charge in [0.05, 0.1) is 14.2 Å². The minimum atomic E-state index is -0.919. The summed E-state index contributed by atoms with van der Waals surface area (Å²) in [6.45, 7) is 4.17. The molecule has 2 rings (SSSR count). The lowest BCUT2D eigenvalue weighted by Crippen LogP contribution is -2.18. The Morgan fingerprint density at radius 1 is 1.04 bits per heavy atom. The molecular weight excluding hydrogens is 320 g/mol. The third-order valence-electron chi connectivity index (χ3n) is 3.99. The first-order chi connectivity index (χ1) is 12.0. The molecule has 0 N–H and O–H groups in total. The van der Waals surface area contributed by atoms with Crippen molar-refractivity contribution < 1.29 is 23.8 Å². The predicted octanol–water partition coefficient (Wildman–Crippen LogP) is 3.50. The quantitative estimate of drug-likeness (QED) is 0.438. The zero-order valence-electron chi connectivity index (χ0n) is 14.9. The molecule has 2 aromatic rings. The number of benzene rings is 2. The normalized spacial score (nSPS) is 10.2. The average Bonchev–Trinajstić information content (AvgIpc) is 2.65. The number of carbonyl (C=O) groups excluding carboxylic acids is 2. The highest BCUT2D eigenvalue weighted by atomic mass is 16.5. The smallest absolute Gasteiger partial charge is 0.379 e. The Morgan fingerprint density at radius 2 is 1.80 bits per heavy atom. The van der Waals surface area contributed by atoms with Crippen LogP contribution in [0.5, 0.6) is 11.5 Å². The lowest BCUT2D eigenvalue weighted by atomic mass is 10.0. The zero-order chi connectivity index (χ0) is 18.4. The molecule has 0 spiro atoms. The van der Waals surface area contributed by atoms with Crippen molar-refractivity contribution >= 4 is 11.8 Å². The highest BCUT2D eigenvalue weighted by Crippen LogP contribution is 2.27. The zero-order valence-corrected chi connectivity index (χ0v) is 14.9. The van der Waals surface area contributed by atoms with Crippen LogP contribution in [0.4, 0.5) is 0 Å². The van der Waals surface area contributed by atoms with E-state index in [2.05, 4.69) is 17.7 Å². The van der Waals surface area contributed by atoms with Crippen molar-refractivity contribution in [2.45, 2.75) is 26.9 Å². The SMILES string of the molecule is CCc1ccc(OCc2c(OC)cccc2C(=O)C(=O)OC)c(C)c1. The number of esters is 1. The number of hydrogen-bond acceptors (Lipinski definition) is 5. The Labute approximate surface area is 147 Å². The van der Waals surface area contributed by atoms with Crippen molar-refractivity contribution in [2.24, 2.45) is 0 Å². The molecule has 0 saturated heterocycles. The first-order valence-electron chi connectivity index (χ1n) is 8.02. The molecule has 0 aliphatic carbocycles. The van der Waals surface area contributed by atoms with Crippen LogP contribution in [0.1, 0.15) is 34.0 Å². The van der Waals surface area contributed by atoms with Gasteiger partial charge in [0.25, 0.3) is 5.78 Å². The van der Waals surface area contributed by atoms with E-state index >= 15 is 0 Å². The first kappa shape index (κ1) is 18.5. The van der Waals surface area contributed by atoms with Gasteiger partial charge < -0.3 is 14.2 Å². The largest absolute Gasteiger partial charge is 0.496 e. The third kappa shape index (κ3) is 4.18. The molecule has 0 bridgehead atoms. The fourth-order valence-corrected chi connectivity index (χ4v) is 2.56. The summed E-state index contributed by atoms with van der Waals surface area (Å²) in [5, 5.41) is 0. The van der Waals surface area contributed by atoms with E-state index in [1.165, 1.54) is 19.8 Å². The van der Waals surface area contributed by atoms with Gasteiger partial charge in [0, 0.05) is 11.1 Å². The molecular formula is C20H22O5. The van der Waals surface area contributed by atoms with Crippen LogP contribution in [-0.2, 0) is 22.6 Å². The van der Waals surface area contributed by atoms with E-state index in [9.17, 15) is 9.59 Å². The molecule has 0 saturated carbocycles. The second kappa shape index (κ2) is 8.33. The first-order valence-corrected chi connectivity index (χ1v) is 8.02. The van der Waals surface area contributed by atoms with Gasteiger partial charge in [-0.3, -0.25) is 4.79 Å². The van der Waals surface area contributed by atoms with Gasteiger partial charge in [-0.15, -0.1) is 0 Å². The van der Waals surface area contributed by atoms with Crippen molar-refractivity contribution in [2.75, 3.05) is 14.2 Å². The molecule has 25 heavy (non-hydrogen) atoms. The lowest BCUT2D eigenvalue weighted by Gasteiger charge is -2.15. The summed E-state index contributed by atoms with van der Waals surface area (Å²) in [7, 11) is 2.68. The number of rotatable bonds is 7. The topological polar surface area (TPSA) is 61.8 Å². The molecule has 0 fully saturated rings. The highest BCUT2D eigenvalue weighted by Gasteiger charge is 2.23. The molecule has 0 unspecified atom stereocenters. The van der Waals surface area contributed by atoms with E-state index in [0.717, 1.165) is 17.7 Å². The van der Waals surface area contributed by atoms with Crippen LogP contribution in [0.25, 0.3) is 0 Å². The fourth-order valence-electron chi connectivity index (χ4n) is 2.56. The molecule has 0 atom stereocenters. The van der Waals surface area contributed by atoms with Crippen LogP contribution in [0.15, 0.2) is 36.4 Å². The van der Waals surface area contributed by atoms with Crippen LogP contribution in [0.2, 0.25) is 0 Å². The summed E-state index contributed by atoms with van der Waals surface area (Å²) in [4.78, 5) is 23.9. The number of ketones is 1. The van der Waals surface area contributed by atoms with Crippen molar-refractivity contribution in [3.8, 4) is 11.5 Å². The average molecular weight is 342 g/mol. The Morgan fingerprint density at radius 3 is 2.40 bits per heavy atom. The minimum absolute atomic E-state index is 0.106. The summed E-state index contributed by atoms with van der Waals surface area (Å²) in [6, 6.07) is 10.9. The van der Waals surface area contributed by atoms with Crippen molar-refractivity contribution in [3.05, 3.63) is 58.7 Å². The summed E-state index contributed by atoms with van der Waals surface area (Å²) in [5.74, 6) is -0.437. The van der Waals surface area contributed by atoms with Gasteiger partial charge in [-0.2, -0.15) is 0 Å². The summed E-state index contributed by atoms with van der Waals surface area (Å²) >= 11 is 0. The second-order valence-corrected chi connectivity index (χ2v) is 5.55. The van der Waals surface area contributed by atoms with Crippen LogP contribution in [0, 0.1) is 6.92 Å². The molecule has 132 valence electrons. The molecule has 2 aromatic carbocycles. The van der Waals surface area contributed by atoms with Crippen molar-refractivity contribution in [1.82, 2.24) is 0 Å². The molecule has 0 aromatic heterocycles. The maximum atomic E-state index is 12.2. The monoisotopic (exact) mass is 342 g/mol. The number of ether oxygens (including phenoxy) is 3. The van der Waals surface area contributed by atoms with Crippen LogP contribution in [0.3, 0.4) is 0 Å². The molecule has 0 aliphatic heterocycles. The summed E-state index contributed by atoms with van der Waals surface area (Å²) in [5.41, 5.74) is 2.96. The van der Waals surface area contributed by atoms with E-state index < -0.39 is 11.8 Å².